The number of alkyl halides is 3. The minimum atomic E-state index is -4.68. The van der Waals surface area contributed by atoms with Gasteiger partial charge in [-0.25, -0.2) is 14.4 Å². The van der Waals surface area contributed by atoms with Crippen LogP contribution in [-0.4, -0.2) is 45.1 Å². The van der Waals surface area contributed by atoms with Gasteiger partial charge in [0.2, 0.25) is 0 Å². The minimum absolute atomic E-state index is 0.0101. The van der Waals surface area contributed by atoms with Gasteiger partial charge < -0.3 is 15.3 Å². The van der Waals surface area contributed by atoms with Crippen molar-refractivity contribution in [2.45, 2.75) is 63.8 Å². The van der Waals surface area contributed by atoms with E-state index in [0.29, 0.717) is 36.6 Å². The second kappa shape index (κ2) is 8.92. The van der Waals surface area contributed by atoms with Gasteiger partial charge in [-0.3, -0.25) is 4.79 Å². The summed E-state index contributed by atoms with van der Waals surface area (Å²) in [5.74, 6) is 0.973. The smallest absolute Gasteiger partial charge is 0.391 e. The number of hydrogen-bond donors (Lipinski definition) is 2. The molecule has 2 aromatic rings. The molecule has 1 amide bonds. The number of carbonyl (C=O) groups excluding carboxylic acids is 1. The number of aliphatic hydroxyl groups is 1. The van der Waals surface area contributed by atoms with Crippen molar-refractivity contribution < 1.29 is 27.5 Å². The Morgan fingerprint density at radius 1 is 1.14 bits per heavy atom. The number of amides is 1. The minimum Gasteiger partial charge on any atom is -0.391 e. The monoisotopic (exact) mass is 518 g/mol. The van der Waals surface area contributed by atoms with E-state index in [2.05, 4.69) is 15.3 Å². The van der Waals surface area contributed by atoms with Crippen LogP contribution in [0.5, 0.6) is 0 Å². The average molecular weight is 519 g/mol. The van der Waals surface area contributed by atoms with E-state index >= 15 is 0 Å². The summed E-state index contributed by atoms with van der Waals surface area (Å²) in [5.41, 5.74) is -0.0952. The summed E-state index contributed by atoms with van der Waals surface area (Å²) in [4.78, 5) is 23.0. The molecule has 5 aliphatic rings. The molecule has 4 aliphatic carbocycles. The Morgan fingerprint density at radius 2 is 1.81 bits per heavy atom. The molecule has 4 bridgehead atoms. The van der Waals surface area contributed by atoms with Crippen LogP contribution in [0.4, 0.5) is 23.4 Å². The number of nitrogens with one attached hydrogen (secondary N) is 1. The molecule has 37 heavy (non-hydrogen) atoms. The molecule has 10 heteroatoms. The number of nitrogens with zero attached hydrogens (tertiary/aromatic N) is 3. The highest BCUT2D eigenvalue weighted by Gasteiger charge is 2.53. The van der Waals surface area contributed by atoms with Crippen LogP contribution in [-0.2, 0) is 19.1 Å². The molecule has 1 aromatic carbocycles. The van der Waals surface area contributed by atoms with Crippen LogP contribution in [0.25, 0.3) is 0 Å². The summed E-state index contributed by atoms with van der Waals surface area (Å²) >= 11 is 0. The van der Waals surface area contributed by atoms with Gasteiger partial charge >= 0.3 is 6.18 Å². The van der Waals surface area contributed by atoms with Gasteiger partial charge in [0.15, 0.2) is 0 Å². The quantitative estimate of drug-likeness (QED) is 0.555. The highest BCUT2D eigenvalue weighted by atomic mass is 19.4. The maximum absolute atomic E-state index is 14.4. The van der Waals surface area contributed by atoms with Crippen molar-refractivity contribution in [3.63, 3.8) is 0 Å². The topological polar surface area (TPSA) is 78.4 Å². The first-order chi connectivity index (χ1) is 17.6. The number of rotatable bonds is 5. The standard InChI is InChI=1S/C27H30F4N4O2/c28-21-8-18(27(29,30)31)1-2-19(21)25(37)35-4-3-20-22(13-35)33-14-34-24(20)32-12-23(36)26-9-15-5-16(10-26)7-17(6-15)11-26/h1-2,8,14-17,23,36H,3-7,9-13H2,(H,32,33,34). The van der Waals surface area contributed by atoms with Crippen LogP contribution in [0.3, 0.4) is 0 Å². The van der Waals surface area contributed by atoms with Crippen molar-refractivity contribution in [1.29, 1.82) is 0 Å². The summed E-state index contributed by atoms with van der Waals surface area (Å²) in [5, 5.41) is 14.6. The van der Waals surface area contributed by atoms with Crippen molar-refractivity contribution >= 4 is 11.7 Å². The van der Waals surface area contributed by atoms with Gasteiger partial charge in [0.05, 0.1) is 29.5 Å². The van der Waals surface area contributed by atoms with E-state index in [0.717, 1.165) is 48.6 Å². The summed E-state index contributed by atoms with van der Waals surface area (Å²) in [6.45, 7) is 0.754. The fourth-order valence-corrected chi connectivity index (χ4v) is 7.71. The molecule has 0 radical (unpaired) electrons. The Morgan fingerprint density at radius 3 is 2.43 bits per heavy atom. The maximum atomic E-state index is 14.4. The molecule has 2 N–H and O–H groups in total. The lowest BCUT2D eigenvalue weighted by Gasteiger charge is -2.58. The average Bonchev–Trinajstić information content (AvgIpc) is 2.85. The van der Waals surface area contributed by atoms with Gasteiger partial charge in [-0.1, -0.05) is 0 Å². The van der Waals surface area contributed by atoms with E-state index in [1.54, 1.807) is 0 Å². The van der Waals surface area contributed by atoms with Gasteiger partial charge in [0, 0.05) is 18.7 Å². The highest BCUT2D eigenvalue weighted by Crippen LogP contribution is 2.61. The van der Waals surface area contributed by atoms with Gasteiger partial charge in [0.25, 0.3) is 5.91 Å². The van der Waals surface area contributed by atoms with Crippen LogP contribution < -0.4 is 5.32 Å². The van der Waals surface area contributed by atoms with Crippen LogP contribution >= 0.6 is 0 Å². The third-order valence-electron chi connectivity index (χ3n) is 9.08. The molecule has 4 fully saturated rings. The van der Waals surface area contributed by atoms with Gasteiger partial charge in [-0.05, 0) is 86.3 Å². The first-order valence-corrected chi connectivity index (χ1v) is 13.0. The number of halogens is 4. The Labute approximate surface area is 212 Å². The second-order valence-corrected chi connectivity index (χ2v) is 11.5. The van der Waals surface area contributed by atoms with Crippen molar-refractivity contribution in [2.24, 2.45) is 23.2 Å². The lowest BCUT2D eigenvalue weighted by Crippen LogP contribution is -2.53. The molecular weight excluding hydrogens is 488 g/mol. The zero-order valence-electron chi connectivity index (χ0n) is 20.4. The Kier molecular flexibility index (Phi) is 5.93. The molecule has 0 spiro atoms. The Bertz CT molecular complexity index is 1180. The molecule has 1 atom stereocenters. The molecule has 2 heterocycles. The van der Waals surface area contributed by atoms with Crippen molar-refractivity contribution in [1.82, 2.24) is 14.9 Å². The van der Waals surface area contributed by atoms with E-state index in [9.17, 15) is 27.5 Å². The van der Waals surface area contributed by atoms with E-state index in [1.807, 2.05) is 0 Å². The molecule has 1 aromatic heterocycles. The number of hydrogen-bond acceptors (Lipinski definition) is 5. The predicted molar refractivity (Wildman–Crippen MR) is 127 cm³/mol. The number of aliphatic hydroxyl groups excluding tert-OH is 1. The molecule has 4 saturated carbocycles. The molecule has 7 rings (SSSR count). The molecule has 1 aliphatic heterocycles. The van der Waals surface area contributed by atoms with Crippen molar-refractivity contribution in [2.75, 3.05) is 18.4 Å². The summed E-state index contributed by atoms with van der Waals surface area (Å²) in [6.07, 6.45) is 3.89. The first-order valence-electron chi connectivity index (χ1n) is 13.0. The Balaban J connectivity index is 1.13. The van der Waals surface area contributed by atoms with Gasteiger partial charge in [-0.2, -0.15) is 13.2 Å². The molecule has 6 nitrogen and oxygen atoms in total. The van der Waals surface area contributed by atoms with E-state index < -0.39 is 35.1 Å². The van der Waals surface area contributed by atoms with Crippen molar-refractivity contribution in [3.05, 3.63) is 52.7 Å². The van der Waals surface area contributed by atoms with Crippen LogP contribution in [0.15, 0.2) is 24.5 Å². The van der Waals surface area contributed by atoms with Crippen molar-refractivity contribution in [3.8, 4) is 0 Å². The lowest BCUT2D eigenvalue weighted by atomic mass is 9.48. The number of benzene rings is 1. The first kappa shape index (κ1) is 24.6. The summed E-state index contributed by atoms with van der Waals surface area (Å²) in [6, 6.07) is 1.95. The summed E-state index contributed by atoms with van der Waals surface area (Å²) < 4.78 is 53.0. The predicted octanol–water partition coefficient (Wildman–Crippen LogP) is 4.82. The third kappa shape index (κ3) is 4.47. The zero-order valence-corrected chi connectivity index (χ0v) is 20.4. The number of aromatic nitrogens is 2. The van der Waals surface area contributed by atoms with E-state index in [-0.39, 0.29) is 18.5 Å². The summed E-state index contributed by atoms with van der Waals surface area (Å²) in [7, 11) is 0. The largest absolute Gasteiger partial charge is 0.416 e. The van der Waals surface area contributed by atoms with E-state index in [4.69, 9.17) is 0 Å². The molecule has 198 valence electrons. The zero-order chi connectivity index (χ0) is 25.9. The molecule has 0 saturated heterocycles. The molecule has 1 unspecified atom stereocenters. The van der Waals surface area contributed by atoms with Crippen LogP contribution in [0.2, 0.25) is 0 Å². The number of carbonyl (C=O) groups is 1. The number of anilines is 1. The second-order valence-electron chi connectivity index (χ2n) is 11.5. The molecular formula is C27H30F4N4O2. The van der Waals surface area contributed by atoms with Crippen LogP contribution in [0, 0.1) is 29.0 Å². The fourth-order valence-electron chi connectivity index (χ4n) is 7.71. The lowest BCUT2D eigenvalue weighted by molar-refractivity contribution is -0.137. The van der Waals surface area contributed by atoms with Gasteiger partial charge in [-0.15, -0.1) is 0 Å². The Hall–Kier alpha value is -2.75. The number of fused-ring (bicyclic) bond motifs is 1. The van der Waals surface area contributed by atoms with Crippen LogP contribution in [0.1, 0.15) is 65.7 Å². The third-order valence-corrected chi connectivity index (χ3v) is 9.08. The highest BCUT2D eigenvalue weighted by molar-refractivity contribution is 5.94. The normalized spacial score (nSPS) is 29.2. The van der Waals surface area contributed by atoms with E-state index in [1.165, 1.54) is 30.5 Å². The van der Waals surface area contributed by atoms with Gasteiger partial charge in [0.1, 0.15) is 18.0 Å². The fraction of sp³-hybridized carbons (Fsp3) is 0.593. The SMILES string of the molecule is O=C(c1ccc(C(F)(F)F)cc1F)N1CCc2c(ncnc2NCC(O)C23CC4CC(CC(C4)C2)C3)C1. The maximum Gasteiger partial charge on any atom is 0.416 e.